The van der Waals surface area contributed by atoms with Crippen LogP contribution in [0.4, 0.5) is 0 Å². The van der Waals surface area contributed by atoms with Gasteiger partial charge < -0.3 is 28.4 Å². The molecule has 0 radical (unpaired) electrons. The predicted molar refractivity (Wildman–Crippen MR) is 233 cm³/mol. The van der Waals surface area contributed by atoms with Crippen LogP contribution in [0.2, 0.25) is 0 Å². The van der Waals surface area contributed by atoms with Crippen molar-refractivity contribution in [3.63, 3.8) is 0 Å². The lowest BCUT2D eigenvalue weighted by Gasteiger charge is -2.11. The van der Waals surface area contributed by atoms with E-state index in [1.165, 1.54) is 57.6 Å². The Kier molecular flexibility index (Phi) is 23.8. The van der Waals surface area contributed by atoms with E-state index in [9.17, 15) is 16.8 Å². The summed E-state index contributed by atoms with van der Waals surface area (Å²) >= 11 is 0. The van der Waals surface area contributed by atoms with Gasteiger partial charge in [-0.15, -0.1) is 0 Å². The zero-order chi connectivity index (χ0) is 43.6. The van der Waals surface area contributed by atoms with Gasteiger partial charge in [-0.05, 0) is 112 Å². The molecule has 14 heteroatoms. The van der Waals surface area contributed by atoms with Crippen molar-refractivity contribution in [2.24, 2.45) is 0 Å². The van der Waals surface area contributed by atoms with E-state index in [1.54, 1.807) is 24.3 Å². The Morgan fingerprint density at radius 3 is 0.867 bits per heavy atom. The highest BCUT2D eigenvalue weighted by Crippen LogP contribution is 2.16. The summed E-state index contributed by atoms with van der Waals surface area (Å²) in [5.74, 6) is 0. The molecule has 0 saturated heterocycles. The van der Waals surface area contributed by atoms with Gasteiger partial charge >= 0.3 is 0 Å². The quantitative estimate of drug-likeness (QED) is 0.0420. The molecule has 0 atom stereocenters. The molecule has 60 heavy (non-hydrogen) atoms. The maximum absolute atomic E-state index is 12.0. The first kappa shape index (κ1) is 50.8. The number of rotatable bonds is 28. The molecule has 0 heterocycles. The number of ether oxygens (including phenoxy) is 6. The first-order valence-corrected chi connectivity index (χ1v) is 23.1. The van der Waals surface area contributed by atoms with Gasteiger partial charge in [0.2, 0.25) is 0 Å². The van der Waals surface area contributed by atoms with Gasteiger partial charge in [-0.3, -0.25) is 8.37 Å². The third kappa shape index (κ3) is 19.9. The number of benzene rings is 4. The van der Waals surface area contributed by atoms with E-state index in [0.717, 1.165) is 37.2 Å². The highest BCUT2D eigenvalue weighted by atomic mass is 32.2. The lowest BCUT2D eigenvalue weighted by Crippen LogP contribution is -2.15. The van der Waals surface area contributed by atoms with E-state index in [0.29, 0.717) is 39.6 Å². The van der Waals surface area contributed by atoms with Crippen LogP contribution >= 0.6 is 0 Å². The van der Waals surface area contributed by atoms with Crippen LogP contribution < -0.4 is 0 Å². The van der Waals surface area contributed by atoms with Crippen molar-refractivity contribution in [2.45, 2.75) is 64.2 Å². The standard InChI is InChI=1S/C24H34O3.C22H30O9S2/c1-19-7-5-8-20(2)23(19)11-13-25-15-17-27-18-16-26-14-12-24-21(3)9-6-10-22(24)4;1-19-3-7-21(8-4-19)32(23,24)30-17-15-28-13-11-27-12-14-29-16-18-31-33(25,26)22-9-5-20(2)6-10-22/h5-10H,11-18H2,1-4H3;3-10H,11-18H2,1-2H3. The van der Waals surface area contributed by atoms with Crippen molar-refractivity contribution in [1.29, 1.82) is 0 Å². The summed E-state index contributed by atoms with van der Waals surface area (Å²) in [4.78, 5) is 0.212. The second kappa shape index (κ2) is 28.1. The summed E-state index contributed by atoms with van der Waals surface area (Å²) in [5.41, 5.74) is 10.1. The smallest absolute Gasteiger partial charge is 0.297 e. The monoisotopic (exact) mass is 872 g/mol. The molecular weight excluding hydrogens is 809 g/mol. The third-order valence-corrected chi connectivity index (χ3v) is 12.0. The molecule has 12 nitrogen and oxygen atoms in total. The lowest BCUT2D eigenvalue weighted by molar-refractivity contribution is 0.00558. The summed E-state index contributed by atoms with van der Waals surface area (Å²) in [6, 6.07) is 25.6. The molecule has 0 fully saturated rings. The molecule has 0 aliphatic rings. The molecular formula is C46H64O12S2. The van der Waals surface area contributed by atoms with Crippen LogP contribution in [0, 0.1) is 41.5 Å². The van der Waals surface area contributed by atoms with Crippen molar-refractivity contribution in [3.8, 4) is 0 Å². The molecule has 332 valence electrons. The Balaban J connectivity index is 0.000000327. The molecule has 0 amide bonds. The third-order valence-electron chi connectivity index (χ3n) is 9.32. The highest BCUT2D eigenvalue weighted by molar-refractivity contribution is 7.87. The van der Waals surface area contributed by atoms with Crippen molar-refractivity contribution in [1.82, 2.24) is 0 Å². The molecule has 0 spiro atoms. The van der Waals surface area contributed by atoms with Crippen LogP contribution in [-0.2, 0) is 69.9 Å². The van der Waals surface area contributed by atoms with Gasteiger partial charge in [-0.2, -0.15) is 16.8 Å². The van der Waals surface area contributed by atoms with Crippen LogP contribution in [0.15, 0.2) is 94.7 Å². The van der Waals surface area contributed by atoms with E-state index in [2.05, 4.69) is 64.1 Å². The summed E-state index contributed by atoms with van der Waals surface area (Å²) in [6.07, 6.45) is 1.92. The predicted octanol–water partition coefficient (Wildman–Crippen LogP) is 7.22. The zero-order valence-electron chi connectivity index (χ0n) is 36.1. The topological polar surface area (TPSA) is 142 Å². The fourth-order valence-electron chi connectivity index (χ4n) is 5.87. The molecule has 0 saturated carbocycles. The first-order valence-electron chi connectivity index (χ1n) is 20.3. The fraction of sp³-hybridized carbons (Fsp3) is 0.478. The average Bonchev–Trinajstić information content (AvgIpc) is 3.21. The Morgan fingerprint density at radius 1 is 0.333 bits per heavy atom. The normalized spacial score (nSPS) is 11.7. The largest absolute Gasteiger partial charge is 0.379 e. The molecule has 0 unspecified atom stereocenters. The molecule has 4 rings (SSSR count). The molecule has 0 aliphatic heterocycles. The summed E-state index contributed by atoms with van der Waals surface area (Å²) < 4.78 is 90.7. The van der Waals surface area contributed by atoms with Gasteiger partial charge in [0.15, 0.2) is 0 Å². The molecule has 0 aromatic heterocycles. The van der Waals surface area contributed by atoms with Crippen LogP contribution in [0.3, 0.4) is 0 Å². The molecule has 0 N–H and O–H groups in total. The second-order valence-electron chi connectivity index (χ2n) is 14.1. The van der Waals surface area contributed by atoms with E-state index in [1.807, 2.05) is 13.8 Å². The Morgan fingerprint density at radius 2 is 0.583 bits per heavy atom. The van der Waals surface area contributed by atoms with Crippen molar-refractivity contribution >= 4 is 20.2 Å². The van der Waals surface area contributed by atoms with Crippen LogP contribution in [0.1, 0.15) is 44.5 Å². The molecule has 0 aliphatic carbocycles. The summed E-state index contributed by atoms with van der Waals surface area (Å²) in [5, 5.41) is 0. The maximum atomic E-state index is 12.0. The SMILES string of the molecule is Cc1ccc(S(=O)(=O)OCCOCCOCCOCCOS(=O)(=O)c2ccc(C)cc2)cc1.Cc1cccc(C)c1CCOCCOCCOCCc1c(C)cccc1C. The van der Waals surface area contributed by atoms with Crippen LogP contribution in [-0.4, -0.2) is 109 Å². The molecule has 0 bridgehead atoms. The van der Waals surface area contributed by atoms with Gasteiger partial charge in [0.25, 0.3) is 20.2 Å². The number of hydrogen-bond donors (Lipinski definition) is 0. The van der Waals surface area contributed by atoms with Crippen LogP contribution in [0.5, 0.6) is 0 Å². The van der Waals surface area contributed by atoms with Gasteiger partial charge in [0.05, 0.1) is 102 Å². The minimum atomic E-state index is -3.79. The minimum absolute atomic E-state index is 0.0924. The Bertz CT molecular complexity index is 1830. The highest BCUT2D eigenvalue weighted by Gasteiger charge is 2.15. The van der Waals surface area contributed by atoms with Gasteiger partial charge in [-0.1, -0.05) is 71.8 Å². The van der Waals surface area contributed by atoms with Crippen molar-refractivity contribution < 1.29 is 53.6 Å². The maximum Gasteiger partial charge on any atom is 0.297 e. The van der Waals surface area contributed by atoms with Gasteiger partial charge in [-0.25, -0.2) is 0 Å². The average molecular weight is 873 g/mol. The number of hydrogen-bond acceptors (Lipinski definition) is 12. The molecule has 4 aromatic carbocycles. The van der Waals surface area contributed by atoms with E-state index in [-0.39, 0.29) is 49.4 Å². The van der Waals surface area contributed by atoms with Crippen LogP contribution in [0.25, 0.3) is 0 Å². The fourth-order valence-corrected chi connectivity index (χ4v) is 7.66. The van der Waals surface area contributed by atoms with E-state index < -0.39 is 20.2 Å². The minimum Gasteiger partial charge on any atom is -0.379 e. The van der Waals surface area contributed by atoms with E-state index >= 15 is 0 Å². The van der Waals surface area contributed by atoms with Gasteiger partial charge in [0.1, 0.15) is 0 Å². The summed E-state index contributed by atoms with van der Waals surface area (Å²) in [7, 11) is -7.58. The second-order valence-corrected chi connectivity index (χ2v) is 17.3. The lowest BCUT2D eigenvalue weighted by atomic mass is 10.0. The van der Waals surface area contributed by atoms with Crippen molar-refractivity contribution in [3.05, 3.63) is 129 Å². The first-order chi connectivity index (χ1) is 28.8. The Labute approximate surface area is 358 Å². The van der Waals surface area contributed by atoms with Crippen molar-refractivity contribution in [2.75, 3.05) is 92.5 Å². The van der Waals surface area contributed by atoms with E-state index in [4.69, 9.17) is 36.8 Å². The Hall–Kier alpha value is -3.54. The zero-order valence-corrected chi connectivity index (χ0v) is 37.7. The number of aryl methyl sites for hydroxylation is 6. The molecule has 4 aromatic rings. The van der Waals surface area contributed by atoms with Gasteiger partial charge in [0, 0.05) is 0 Å². The summed E-state index contributed by atoms with van der Waals surface area (Å²) in [6.45, 7) is 17.5.